The summed E-state index contributed by atoms with van der Waals surface area (Å²) in [6.07, 6.45) is 0.859. The molecule has 1 unspecified atom stereocenters. The maximum atomic E-state index is 12.8. The standard InChI is InChI=1S/C23H27N3O5S/c1-6-31-23(28)20-12(2)19-21(27)24-18(25-22(19)32-20)11-26-8-7-14-9-16(29-4)17(30-5)10-15(14)13(26)3/h9-10,13H,6-8,11H2,1-5H3,(H,24,25,27). The molecule has 1 N–H and O–H groups in total. The third-order valence-electron chi connectivity index (χ3n) is 5.97. The topological polar surface area (TPSA) is 93.8 Å². The predicted molar refractivity (Wildman–Crippen MR) is 123 cm³/mol. The van der Waals surface area contributed by atoms with E-state index in [2.05, 4.69) is 21.8 Å². The highest BCUT2D eigenvalue weighted by atomic mass is 32.1. The van der Waals surface area contributed by atoms with E-state index in [-0.39, 0.29) is 18.2 Å². The van der Waals surface area contributed by atoms with Crippen LogP contribution in [0.2, 0.25) is 0 Å². The lowest BCUT2D eigenvalue weighted by Gasteiger charge is -2.35. The summed E-state index contributed by atoms with van der Waals surface area (Å²) in [5.41, 5.74) is 2.79. The van der Waals surface area contributed by atoms with E-state index in [0.29, 0.717) is 38.8 Å². The Morgan fingerprint density at radius 2 is 2.00 bits per heavy atom. The number of methoxy groups -OCH3 is 2. The molecule has 0 amide bonds. The minimum atomic E-state index is -0.417. The Bertz CT molecular complexity index is 1230. The van der Waals surface area contributed by atoms with Crippen molar-refractivity contribution in [2.24, 2.45) is 0 Å². The molecule has 1 atom stereocenters. The van der Waals surface area contributed by atoms with Gasteiger partial charge in [-0.1, -0.05) is 0 Å². The van der Waals surface area contributed by atoms with Gasteiger partial charge in [0.1, 0.15) is 15.5 Å². The average Bonchev–Trinajstić information content (AvgIpc) is 3.12. The van der Waals surface area contributed by atoms with Crippen LogP contribution in [0.25, 0.3) is 10.2 Å². The fourth-order valence-electron chi connectivity index (χ4n) is 4.26. The van der Waals surface area contributed by atoms with Crippen LogP contribution >= 0.6 is 11.3 Å². The molecule has 1 aliphatic heterocycles. The van der Waals surface area contributed by atoms with Crippen LogP contribution in [0.3, 0.4) is 0 Å². The minimum Gasteiger partial charge on any atom is -0.493 e. The van der Waals surface area contributed by atoms with Gasteiger partial charge in [0.2, 0.25) is 0 Å². The van der Waals surface area contributed by atoms with Crippen LogP contribution in [0, 0.1) is 6.92 Å². The van der Waals surface area contributed by atoms with Crippen molar-refractivity contribution < 1.29 is 19.0 Å². The lowest BCUT2D eigenvalue weighted by Crippen LogP contribution is -2.34. The maximum absolute atomic E-state index is 12.8. The maximum Gasteiger partial charge on any atom is 0.348 e. The fourth-order valence-corrected chi connectivity index (χ4v) is 5.35. The molecule has 0 radical (unpaired) electrons. The van der Waals surface area contributed by atoms with E-state index in [0.717, 1.165) is 18.7 Å². The normalized spacial score (nSPS) is 16.1. The Labute approximate surface area is 190 Å². The molecular formula is C23H27N3O5S. The van der Waals surface area contributed by atoms with Gasteiger partial charge in [-0.05, 0) is 56.0 Å². The smallest absolute Gasteiger partial charge is 0.348 e. The zero-order valence-corrected chi connectivity index (χ0v) is 19.7. The first-order valence-electron chi connectivity index (χ1n) is 10.6. The van der Waals surface area contributed by atoms with Gasteiger partial charge in [-0.15, -0.1) is 11.3 Å². The molecule has 0 saturated carbocycles. The zero-order valence-electron chi connectivity index (χ0n) is 18.9. The lowest BCUT2D eigenvalue weighted by atomic mass is 9.93. The van der Waals surface area contributed by atoms with Crippen molar-refractivity contribution in [3.8, 4) is 11.5 Å². The van der Waals surface area contributed by atoms with E-state index >= 15 is 0 Å². The number of ether oxygens (including phenoxy) is 3. The summed E-state index contributed by atoms with van der Waals surface area (Å²) < 4.78 is 16.0. The number of aryl methyl sites for hydroxylation is 1. The summed E-state index contributed by atoms with van der Waals surface area (Å²) in [5.74, 6) is 1.59. The predicted octanol–water partition coefficient (Wildman–Crippen LogP) is 3.61. The van der Waals surface area contributed by atoms with E-state index in [1.165, 1.54) is 22.5 Å². The second-order valence-electron chi connectivity index (χ2n) is 7.77. The van der Waals surface area contributed by atoms with Crippen LogP contribution in [0.4, 0.5) is 0 Å². The number of thiophene rings is 1. The van der Waals surface area contributed by atoms with Crippen molar-refractivity contribution in [2.45, 2.75) is 39.8 Å². The second-order valence-corrected chi connectivity index (χ2v) is 8.77. The number of hydrogen-bond acceptors (Lipinski definition) is 8. The average molecular weight is 458 g/mol. The third-order valence-corrected chi connectivity index (χ3v) is 7.14. The molecule has 32 heavy (non-hydrogen) atoms. The van der Waals surface area contributed by atoms with Crippen molar-refractivity contribution in [3.05, 3.63) is 49.9 Å². The van der Waals surface area contributed by atoms with Gasteiger partial charge in [0.25, 0.3) is 5.56 Å². The molecule has 0 saturated heterocycles. The van der Waals surface area contributed by atoms with Crippen LogP contribution in [-0.2, 0) is 17.7 Å². The largest absolute Gasteiger partial charge is 0.493 e. The Kier molecular flexibility index (Phi) is 6.21. The Hall–Kier alpha value is -2.91. The Morgan fingerprint density at radius 1 is 1.28 bits per heavy atom. The van der Waals surface area contributed by atoms with E-state index in [4.69, 9.17) is 14.2 Å². The van der Waals surface area contributed by atoms with Crippen molar-refractivity contribution in [2.75, 3.05) is 27.4 Å². The number of aromatic amines is 1. The zero-order chi connectivity index (χ0) is 23.0. The summed E-state index contributed by atoms with van der Waals surface area (Å²) in [4.78, 5) is 35.9. The van der Waals surface area contributed by atoms with E-state index < -0.39 is 5.97 Å². The van der Waals surface area contributed by atoms with E-state index in [1.54, 1.807) is 28.1 Å². The summed E-state index contributed by atoms with van der Waals surface area (Å²) in [6.45, 7) is 7.25. The summed E-state index contributed by atoms with van der Waals surface area (Å²) in [7, 11) is 3.27. The van der Waals surface area contributed by atoms with Gasteiger partial charge < -0.3 is 19.2 Å². The second kappa shape index (κ2) is 8.91. The van der Waals surface area contributed by atoms with Gasteiger partial charge in [-0.3, -0.25) is 9.69 Å². The van der Waals surface area contributed by atoms with E-state index in [9.17, 15) is 9.59 Å². The van der Waals surface area contributed by atoms with Gasteiger partial charge in [0.05, 0.1) is 32.8 Å². The highest BCUT2D eigenvalue weighted by Crippen LogP contribution is 2.38. The minimum absolute atomic E-state index is 0.111. The molecule has 1 aliphatic rings. The summed E-state index contributed by atoms with van der Waals surface area (Å²) >= 11 is 1.21. The molecule has 9 heteroatoms. The van der Waals surface area contributed by atoms with E-state index in [1.807, 2.05) is 12.1 Å². The first kappa shape index (κ1) is 22.3. The summed E-state index contributed by atoms with van der Waals surface area (Å²) in [5, 5.41) is 0.454. The molecule has 0 fully saturated rings. The third kappa shape index (κ3) is 3.86. The number of carbonyl (C=O) groups is 1. The van der Waals surface area contributed by atoms with Crippen molar-refractivity contribution in [1.29, 1.82) is 0 Å². The molecule has 0 bridgehead atoms. The molecule has 3 aromatic rings. The van der Waals surface area contributed by atoms with Crippen molar-refractivity contribution in [1.82, 2.24) is 14.9 Å². The van der Waals surface area contributed by atoms with Crippen LogP contribution in [0.1, 0.15) is 52.1 Å². The van der Waals surface area contributed by atoms with Gasteiger partial charge in [-0.25, -0.2) is 9.78 Å². The number of H-pyrrole nitrogens is 1. The number of hydrogen-bond donors (Lipinski definition) is 1. The molecule has 4 rings (SSSR count). The van der Waals surface area contributed by atoms with Crippen molar-refractivity contribution >= 4 is 27.5 Å². The highest BCUT2D eigenvalue weighted by Gasteiger charge is 2.27. The first-order chi connectivity index (χ1) is 15.4. The van der Waals surface area contributed by atoms with Gasteiger partial charge in [0.15, 0.2) is 11.5 Å². The number of nitrogens with zero attached hydrogens (tertiary/aromatic N) is 2. The molecule has 0 spiro atoms. The highest BCUT2D eigenvalue weighted by molar-refractivity contribution is 7.20. The number of esters is 1. The number of aromatic nitrogens is 2. The Balaban J connectivity index is 1.64. The molecule has 3 heterocycles. The lowest BCUT2D eigenvalue weighted by molar-refractivity contribution is 0.0531. The van der Waals surface area contributed by atoms with Gasteiger partial charge in [0, 0.05) is 12.6 Å². The SMILES string of the molecule is CCOC(=O)c1sc2nc(CN3CCc4cc(OC)c(OC)cc4C3C)[nH]c(=O)c2c1C. The number of rotatable bonds is 6. The number of nitrogens with one attached hydrogen (secondary N) is 1. The molecule has 2 aromatic heterocycles. The Morgan fingerprint density at radius 3 is 2.69 bits per heavy atom. The van der Waals surface area contributed by atoms with Crippen LogP contribution < -0.4 is 15.0 Å². The molecule has 0 aliphatic carbocycles. The van der Waals surface area contributed by atoms with Gasteiger partial charge >= 0.3 is 5.97 Å². The summed E-state index contributed by atoms with van der Waals surface area (Å²) in [6, 6.07) is 4.18. The van der Waals surface area contributed by atoms with Crippen molar-refractivity contribution in [3.63, 3.8) is 0 Å². The molecule has 170 valence electrons. The fraction of sp³-hybridized carbons (Fsp3) is 0.435. The first-order valence-corrected chi connectivity index (χ1v) is 11.4. The monoisotopic (exact) mass is 457 g/mol. The van der Waals surface area contributed by atoms with Crippen LogP contribution in [0.15, 0.2) is 16.9 Å². The number of carbonyl (C=O) groups excluding carboxylic acids is 1. The number of benzene rings is 1. The molecule has 1 aromatic carbocycles. The number of fused-ring (bicyclic) bond motifs is 2. The van der Waals surface area contributed by atoms with Crippen LogP contribution in [0.5, 0.6) is 11.5 Å². The van der Waals surface area contributed by atoms with Crippen LogP contribution in [-0.4, -0.2) is 48.2 Å². The van der Waals surface area contributed by atoms with Gasteiger partial charge in [-0.2, -0.15) is 0 Å². The quantitative estimate of drug-likeness (QED) is 0.565. The molecular weight excluding hydrogens is 430 g/mol. The molecule has 8 nitrogen and oxygen atoms in total.